The van der Waals surface area contributed by atoms with Crippen LogP contribution in [0.2, 0.25) is 0 Å². The van der Waals surface area contributed by atoms with Crippen LogP contribution >= 0.6 is 0 Å². The summed E-state index contributed by atoms with van der Waals surface area (Å²) in [5, 5.41) is 11.2. The average Bonchev–Trinajstić information content (AvgIpc) is 2.91. The molecule has 1 aromatic heterocycles. The third-order valence-electron chi connectivity index (χ3n) is 5.09. The summed E-state index contributed by atoms with van der Waals surface area (Å²) in [6.07, 6.45) is 10.1. The van der Waals surface area contributed by atoms with Gasteiger partial charge in [0.05, 0.1) is 5.69 Å². The van der Waals surface area contributed by atoms with Gasteiger partial charge in [0.15, 0.2) is 5.69 Å². The molecule has 0 radical (unpaired) electrons. The van der Waals surface area contributed by atoms with Crippen molar-refractivity contribution < 1.29 is 4.79 Å². The minimum atomic E-state index is -0.0596. The number of carbonyl (C=O) groups is 1. The second-order valence-corrected chi connectivity index (χ2v) is 6.40. The van der Waals surface area contributed by atoms with E-state index < -0.39 is 0 Å². The van der Waals surface area contributed by atoms with Crippen LogP contribution in [0.3, 0.4) is 0 Å². The highest BCUT2D eigenvalue weighted by molar-refractivity contribution is 5.92. The molecule has 20 heavy (non-hydrogen) atoms. The smallest absolute Gasteiger partial charge is 0.272 e. The van der Waals surface area contributed by atoms with Crippen molar-refractivity contribution in [3.05, 3.63) is 23.5 Å². The zero-order chi connectivity index (χ0) is 14.0. The van der Waals surface area contributed by atoms with E-state index >= 15 is 0 Å². The number of nitrogens with zero attached hydrogens (tertiary/aromatic N) is 2. The van der Waals surface area contributed by atoms with Crippen LogP contribution in [0.1, 0.15) is 67.5 Å². The Balaban J connectivity index is 1.72. The predicted octanol–water partition coefficient (Wildman–Crippen LogP) is 3.02. The van der Waals surface area contributed by atoms with Crippen molar-refractivity contribution in [2.45, 2.75) is 64.3 Å². The van der Waals surface area contributed by atoms with Crippen molar-refractivity contribution in [1.29, 1.82) is 0 Å². The molecule has 2 aliphatic carbocycles. The highest BCUT2D eigenvalue weighted by Gasteiger charge is 2.43. The Hall–Kier alpha value is -1.45. The Morgan fingerprint density at radius 2 is 1.85 bits per heavy atom. The van der Waals surface area contributed by atoms with Gasteiger partial charge in [-0.1, -0.05) is 25.7 Å². The first-order valence-corrected chi connectivity index (χ1v) is 7.81. The average molecular weight is 273 g/mol. The molecule has 1 aromatic rings. The standard InChI is InChI=1S/C16H23N3O/c1-12-7-8-13(19-18-12)15(20)17-14-6-2-3-9-16(14)10-4-5-11-16/h7-8,14H,2-6,9-11H2,1H3,(H,17,20). The van der Waals surface area contributed by atoms with Crippen LogP contribution in [0.15, 0.2) is 12.1 Å². The molecule has 4 heteroatoms. The molecule has 1 unspecified atom stereocenters. The summed E-state index contributed by atoms with van der Waals surface area (Å²) in [7, 11) is 0. The van der Waals surface area contributed by atoms with Gasteiger partial charge < -0.3 is 5.32 Å². The molecule has 0 saturated heterocycles. The molecular formula is C16H23N3O. The van der Waals surface area contributed by atoms with Gasteiger partial charge in [-0.15, -0.1) is 5.10 Å². The van der Waals surface area contributed by atoms with Crippen LogP contribution in [0.5, 0.6) is 0 Å². The Labute approximate surface area is 120 Å². The highest BCUT2D eigenvalue weighted by Crippen LogP contribution is 2.49. The summed E-state index contributed by atoms with van der Waals surface area (Å²) in [5.74, 6) is -0.0596. The monoisotopic (exact) mass is 273 g/mol. The highest BCUT2D eigenvalue weighted by atomic mass is 16.2. The Morgan fingerprint density at radius 3 is 2.50 bits per heavy atom. The molecule has 3 rings (SSSR count). The number of nitrogens with one attached hydrogen (secondary N) is 1. The van der Waals surface area contributed by atoms with Crippen LogP contribution in [-0.4, -0.2) is 22.1 Å². The van der Waals surface area contributed by atoms with E-state index in [1.807, 2.05) is 13.0 Å². The molecule has 2 aliphatic rings. The zero-order valence-corrected chi connectivity index (χ0v) is 12.2. The first-order chi connectivity index (χ1) is 9.70. The maximum absolute atomic E-state index is 12.4. The SMILES string of the molecule is Cc1ccc(C(=O)NC2CCCCC23CCCC3)nn1. The lowest BCUT2D eigenvalue weighted by Crippen LogP contribution is -2.48. The van der Waals surface area contributed by atoms with Gasteiger partial charge >= 0.3 is 0 Å². The van der Waals surface area contributed by atoms with Gasteiger partial charge in [-0.3, -0.25) is 4.79 Å². The Kier molecular flexibility index (Phi) is 3.72. The zero-order valence-electron chi connectivity index (χ0n) is 12.2. The molecule has 0 aromatic carbocycles. The molecule has 1 amide bonds. The summed E-state index contributed by atoms with van der Waals surface area (Å²) in [4.78, 5) is 12.4. The van der Waals surface area contributed by atoms with Crippen LogP contribution in [0.4, 0.5) is 0 Å². The molecule has 0 bridgehead atoms. The fourth-order valence-corrected chi connectivity index (χ4v) is 3.96. The van der Waals surface area contributed by atoms with Gasteiger partial charge in [0, 0.05) is 6.04 Å². The summed E-state index contributed by atoms with van der Waals surface area (Å²) in [6.45, 7) is 1.88. The number of hydrogen-bond acceptors (Lipinski definition) is 3. The summed E-state index contributed by atoms with van der Waals surface area (Å²) in [5.41, 5.74) is 1.65. The number of aromatic nitrogens is 2. The first kappa shape index (κ1) is 13.5. The normalized spacial score (nSPS) is 24.8. The lowest BCUT2D eigenvalue weighted by atomic mass is 9.69. The van der Waals surface area contributed by atoms with Crippen molar-refractivity contribution >= 4 is 5.91 Å². The van der Waals surface area contributed by atoms with E-state index in [4.69, 9.17) is 0 Å². The summed E-state index contributed by atoms with van der Waals surface area (Å²) >= 11 is 0. The molecule has 2 fully saturated rings. The molecule has 4 nitrogen and oxygen atoms in total. The van der Waals surface area contributed by atoms with Crippen molar-refractivity contribution in [1.82, 2.24) is 15.5 Å². The third-order valence-corrected chi connectivity index (χ3v) is 5.09. The molecule has 0 aliphatic heterocycles. The van der Waals surface area contributed by atoms with Crippen LogP contribution in [-0.2, 0) is 0 Å². The van der Waals surface area contributed by atoms with Crippen molar-refractivity contribution in [2.24, 2.45) is 5.41 Å². The first-order valence-electron chi connectivity index (χ1n) is 7.81. The van der Waals surface area contributed by atoms with E-state index in [0.29, 0.717) is 17.2 Å². The number of rotatable bonds is 2. The molecule has 108 valence electrons. The minimum Gasteiger partial charge on any atom is -0.347 e. The fraction of sp³-hybridized carbons (Fsp3) is 0.688. The van der Waals surface area contributed by atoms with E-state index in [9.17, 15) is 4.79 Å². The van der Waals surface area contributed by atoms with Crippen LogP contribution < -0.4 is 5.32 Å². The second kappa shape index (κ2) is 5.51. The Morgan fingerprint density at radius 1 is 1.15 bits per heavy atom. The quantitative estimate of drug-likeness (QED) is 0.901. The number of aryl methyl sites for hydroxylation is 1. The molecular weight excluding hydrogens is 250 g/mol. The topological polar surface area (TPSA) is 54.9 Å². The van der Waals surface area contributed by atoms with Crippen molar-refractivity contribution in [3.8, 4) is 0 Å². The van der Waals surface area contributed by atoms with Gasteiger partial charge in [0.1, 0.15) is 0 Å². The number of carbonyl (C=O) groups excluding carboxylic acids is 1. The van der Waals surface area contributed by atoms with E-state index in [2.05, 4.69) is 15.5 Å². The van der Waals surface area contributed by atoms with Gasteiger partial charge in [-0.05, 0) is 50.2 Å². The van der Waals surface area contributed by atoms with Crippen LogP contribution in [0, 0.1) is 12.3 Å². The van der Waals surface area contributed by atoms with Crippen molar-refractivity contribution in [2.75, 3.05) is 0 Å². The van der Waals surface area contributed by atoms with Gasteiger partial charge in [0.25, 0.3) is 5.91 Å². The van der Waals surface area contributed by atoms with Crippen LogP contribution in [0.25, 0.3) is 0 Å². The second-order valence-electron chi connectivity index (χ2n) is 6.40. The lowest BCUT2D eigenvalue weighted by Gasteiger charge is -2.41. The van der Waals surface area contributed by atoms with E-state index in [1.165, 1.54) is 44.9 Å². The predicted molar refractivity (Wildman–Crippen MR) is 77.4 cm³/mol. The summed E-state index contributed by atoms with van der Waals surface area (Å²) < 4.78 is 0. The van der Waals surface area contributed by atoms with Gasteiger partial charge in [-0.25, -0.2) is 0 Å². The van der Waals surface area contributed by atoms with E-state index in [0.717, 1.165) is 12.1 Å². The van der Waals surface area contributed by atoms with Gasteiger partial charge in [0.2, 0.25) is 0 Å². The van der Waals surface area contributed by atoms with Gasteiger partial charge in [-0.2, -0.15) is 5.10 Å². The lowest BCUT2D eigenvalue weighted by molar-refractivity contribution is 0.0799. The Bertz CT molecular complexity index is 477. The van der Waals surface area contributed by atoms with Crippen molar-refractivity contribution in [3.63, 3.8) is 0 Å². The minimum absolute atomic E-state index is 0.0596. The van der Waals surface area contributed by atoms with E-state index in [-0.39, 0.29) is 5.91 Å². The number of amides is 1. The van der Waals surface area contributed by atoms with E-state index in [1.54, 1.807) is 6.07 Å². The summed E-state index contributed by atoms with van der Waals surface area (Å²) in [6, 6.07) is 3.94. The fourth-order valence-electron chi connectivity index (χ4n) is 3.96. The maximum atomic E-state index is 12.4. The molecule has 2 saturated carbocycles. The molecule has 1 atom stereocenters. The third kappa shape index (κ3) is 2.56. The molecule has 1 N–H and O–H groups in total. The maximum Gasteiger partial charge on any atom is 0.272 e. The largest absolute Gasteiger partial charge is 0.347 e. The molecule has 1 heterocycles. The molecule has 1 spiro atoms. The number of hydrogen-bond donors (Lipinski definition) is 1.